The Balaban J connectivity index is 3.79. The molecule has 128 valence electrons. The normalized spacial score (nSPS) is 15.0. The summed E-state index contributed by atoms with van der Waals surface area (Å²) in [5, 5.41) is 9.22. The lowest BCUT2D eigenvalue weighted by Crippen LogP contribution is -2.20. The van der Waals surface area contributed by atoms with Gasteiger partial charge in [-0.1, -0.05) is 65.2 Å². The first-order valence-electron chi connectivity index (χ1n) is 8.56. The predicted molar refractivity (Wildman–Crippen MR) is 88.1 cm³/mol. The van der Waals surface area contributed by atoms with E-state index >= 15 is 0 Å². The van der Waals surface area contributed by atoms with Gasteiger partial charge in [-0.25, -0.2) is 0 Å². The van der Waals surface area contributed by atoms with Gasteiger partial charge in [0, 0.05) is 0 Å². The molecule has 0 aliphatic heterocycles. The zero-order valence-electron chi connectivity index (χ0n) is 13.8. The number of rotatable bonds is 14. The van der Waals surface area contributed by atoms with Crippen molar-refractivity contribution in [3.05, 3.63) is 0 Å². The highest BCUT2D eigenvalue weighted by Gasteiger charge is 2.21. The molecular formula is C16H34O4S. The first kappa shape index (κ1) is 20.9. The average molecular weight is 323 g/mol. The summed E-state index contributed by atoms with van der Waals surface area (Å²) in [6.07, 6.45) is 10.4. The van der Waals surface area contributed by atoms with E-state index in [0.29, 0.717) is 12.8 Å². The standard InChI is InChI=1S/C16H34O4S/c1-3-5-7-8-11-15(17)12-9-10-14-16(13-6-4-2)21(18,19)20/h15-17H,3-14H2,1-2H3,(H,18,19,20). The molecule has 0 aromatic heterocycles. The van der Waals surface area contributed by atoms with Gasteiger partial charge in [-0.3, -0.25) is 4.55 Å². The van der Waals surface area contributed by atoms with Gasteiger partial charge < -0.3 is 5.11 Å². The molecule has 0 aromatic carbocycles. The quantitative estimate of drug-likeness (QED) is 0.369. The molecule has 0 aromatic rings. The van der Waals surface area contributed by atoms with Crippen LogP contribution in [0.1, 0.15) is 90.9 Å². The summed E-state index contributed by atoms with van der Waals surface area (Å²) < 4.78 is 31.8. The second-order valence-corrected chi connectivity index (χ2v) is 7.76. The molecule has 0 aliphatic carbocycles. The highest BCUT2D eigenvalue weighted by atomic mass is 32.2. The summed E-state index contributed by atoms with van der Waals surface area (Å²) in [6.45, 7) is 4.18. The van der Waals surface area contributed by atoms with Gasteiger partial charge in [0.2, 0.25) is 0 Å². The van der Waals surface area contributed by atoms with Crippen LogP contribution >= 0.6 is 0 Å². The van der Waals surface area contributed by atoms with Gasteiger partial charge in [0.25, 0.3) is 10.1 Å². The van der Waals surface area contributed by atoms with Crippen LogP contribution < -0.4 is 0 Å². The van der Waals surface area contributed by atoms with E-state index in [4.69, 9.17) is 0 Å². The molecular weight excluding hydrogens is 288 g/mol. The van der Waals surface area contributed by atoms with Crippen molar-refractivity contribution in [2.75, 3.05) is 0 Å². The van der Waals surface area contributed by atoms with Crippen molar-refractivity contribution >= 4 is 10.1 Å². The fourth-order valence-electron chi connectivity index (χ4n) is 2.58. The smallest absolute Gasteiger partial charge is 0.267 e. The molecule has 21 heavy (non-hydrogen) atoms. The Morgan fingerprint density at radius 2 is 1.24 bits per heavy atom. The number of hydrogen-bond donors (Lipinski definition) is 2. The molecule has 5 heteroatoms. The molecule has 0 spiro atoms. The predicted octanol–water partition coefficient (Wildman–Crippen LogP) is 4.32. The Kier molecular flexibility index (Phi) is 12.3. The maximum Gasteiger partial charge on any atom is 0.267 e. The maximum absolute atomic E-state index is 11.3. The second kappa shape index (κ2) is 12.4. The van der Waals surface area contributed by atoms with Crippen molar-refractivity contribution in [2.45, 2.75) is 102 Å². The SMILES string of the molecule is CCCCCCC(O)CCCCC(CCCC)S(=O)(=O)O. The van der Waals surface area contributed by atoms with E-state index in [-0.39, 0.29) is 6.10 Å². The van der Waals surface area contributed by atoms with Gasteiger partial charge >= 0.3 is 0 Å². The van der Waals surface area contributed by atoms with Crippen LogP contribution in [0.3, 0.4) is 0 Å². The Bertz CT molecular complexity index is 327. The van der Waals surface area contributed by atoms with Crippen LogP contribution in [-0.4, -0.2) is 29.4 Å². The molecule has 0 radical (unpaired) electrons. The van der Waals surface area contributed by atoms with Gasteiger partial charge in [0.15, 0.2) is 0 Å². The molecule has 4 nitrogen and oxygen atoms in total. The highest BCUT2D eigenvalue weighted by Crippen LogP contribution is 2.18. The molecule has 2 atom stereocenters. The fraction of sp³-hybridized carbons (Fsp3) is 1.00. The molecule has 2 N–H and O–H groups in total. The molecule has 0 saturated carbocycles. The zero-order valence-corrected chi connectivity index (χ0v) is 14.6. The maximum atomic E-state index is 11.3. The van der Waals surface area contributed by atoms with Crippen LogP contribution in [-0.2, 0) is 10.1 Å². The topological polar surface area (TPSA) is 74.6 Å². The lowest BCUT2D eigenvalue weighted by Gasteiger charge is -2.14. The van der Waals surface area contributed by atoms with Crippen LogP contribution in [0.2, 0.25) is 0 Å². The Morgan fingerprint density at radius 3 is 1.76 bits per heavy atom. The largest absolute Gasteiger partial charge is 0.393 e. The van der Waals surface area contributed by atoms with Crippen LogP contribution in [0.4, 0.5) is 0 Å². The average Bonchev–Trinajstić information content (AvgIpc) is 2.41. The summed E-state index contributed by atoms with van der Waals surface area (Å²) >= 11 is 0. The summed E-state index contributed by atoms with van der Waals surface area (Å²) in [4.78, 5) is 0. The second-order valence-electron chi connectivity index (χ2n) is 6.07. The molecule has 0 rings (SSSR count). The molecule has 2 unspecified atom stereocenters. The van der Waals surface area contributed by atoms with Crippen molar-refractivity contribution in [1.82, 2.24) is 0 Å². The van der Waals surface area contributed by atoms with E-state index in [9.17, 15) is 18.1 Å². The van der Waals surface area contributed by atoms with E-state index in [0.717, 1.165) is 44.9 Å². The monoisotopic (exact) mass is 322 g/mol. The van der Waals surface area contributed by atoms with Gasteiger partial charge in [-0.15, -0.1) is 0 Å². The fourth-order valence-corrected chi connectivity index (χ4v) is 3.51. The number of unbranched alkanes of at least 4 members (excludes halogenated alkanes) is 5. The number of aliphatic hydroxyl groups excluding tert-OH is 1. The third kappa shape index (κ3) is 12.1. The Morgan fingerprint density at radius 1 is 0.762 bits per heavy atom. The highest BCUT2D eigenvalue weighted by molar-refractivity contribution is 7.86. The van der Waals surface area contributed by atoms with Crippen molar-refractivity contribution in [3.63, 3.8) is 0 Å². The van der Waals surface area contributed by atoms with E-state index in [1.54, 1.807) is 0 Å². The van der Waals surface area contributed by atoms with E-state index in [1.165, 1.54) is 19.3 Å². The Labute approximate surface area is 131 Å². The van der Waals surface area contributed by atoms with Crippen molar-refractivity contribution in [1.29, 1.82) is 0 Å². The van der Waals surface area contributed by atoms with Crippen LogP contribution in [0.15, 0.2) is 0 Å². The van der Waals surface area contributed by atoms with Crippen molar-refractivity contribution < 1.29 is 18.1 Å². The minimum absolute atomic E-state index is 0.262. The summed E-state index contributed by atoms with van der Waals surface area (Å²) in [5.74, 6) is 0. The minimum Gasteiger partial charge on any atom is -0.393 e. The van der Waals surface area contributed by atoms with Crippen molar-refractivity contribution in [2.24, 2.45) is 0 Å². The molecule has 0 heterocycles. The molecule has 0 aliphatic rings. The summed E-state index contributed by atoms with van der Waals surface area (Å²) in [6, 6.07) is 0. The van der Waals surface area contributed by atoms with Gasteiger partial charge in [-0.2, -0.15) is 8.42 Å². The molecule has 0 bridgehead atoms. The first-order valence-corrected chi connectivity index (χ1v) is 10.1. The lowest BCUT2D eigenvalue weighted by molar-refractivity contribution is 0.147. The van der Waals surface area contributed by atoms with E-state index < -0.39 is 15.4 Å². The molecule has 0 amide bonds. The molecule has 0 saturated heterocycles. The van der Waals surface area contributed by atoms with Crippen molar-refractivity contribution in [3.8, 4) is 0 Å². The third-order valence-corrected chi connectivity index (χ3v) is 5.32. The summed E-state index contributed by atoms with van der Waals surface area (Å²) in [7, 11) is -3.92. The van der Waals surface area contributed by atoms with E-state index in [1.807, 2.05) is 6.92 Å². The van der Waals surface area contributed by atoms with Gasteiger partial charge in [0.05, 0.1) is 11.4 Å². The zero-order chi connectivity index (χ0) is 16.1. The van der Waals surface area contributed by atoms with E-state index in [2.05, 4.69) is 6.92 Å². The third-order valence-electron chi connectivity index (χ3n) is 4.01. The van der Waals surface area contributed by atoms with Gasteiger partial charge in [-0.05, 0) is 25.7 Å². The first-order chi connectivity index (χ1) is 9.91. The summed E-state index contributed by atoms with van der Waals surface area (Å²) in [5.41, 5.74) is 0. The van der Waals surface area contributed by atoms with Crippen LogP contribution in [0.5, 0.6) is 0 Å². The lowest BCUT2D eigenvalue weighted by atomic mass is 10.0. The van der Waals surface area contributed by atoms with Gasteiger partial charge in [0.1, 0.15) is 0 Å². The van der Waals surface area contributed by atoms with Crippen LogP contribution in [0, 0.1) is 0 Å². The number of aliphatic hydroxyl groups is 1. The minimum atomic E-state index is -3.92. The van der Waals surface area contributed by atoms with Crippen LogP contribution in [0.25, 0.3) is 0 Å². The number of hydrogen-bond acceptors (Lipinski definition) is 3. The molecule has 0 fully saturated rings. The Hall–Kier alpha value is -0.130.